The highest BCUT2D eigenvalue weighted by atomic mass is 79.9. The lowest BCUT2D eigenvalue weighted by Crippen LogP contribution is -1.98. The van der Waals surface area contributed by atoms with Crippen LogP contribution in [-0.4, -0.2) is 16.4 Å². The van der Waals surface area contributed by atoms with Crippen molar-refractivity contribution in [2.75, 3.05) is 12.4 Å². The minimum Gasteiger partial charge on any atom is -0.388 e. The van der Waals surface area contributed by atoms with Crippen LogP contribution < -0.4 is 5.32 Å². The van der Waals surface area contributed by atoms with E-state index >= 15 is 0 Å². The van der Waals surface area contributed by atoms with Gasteiger partial charge in [-0.25, -0.2) is 4.98 Å². The second kappa shape index (κ2) is 5.67. The number of nitrogens with zero attached hydrogens (tertiary/aromatic N) is 2. The summed E-state index contributed by atoms with van der Waals surface area (Å²) in [5.74, 6) is 1.08. The highest BCUT2D eigenvalue weighted by Crippen LogP contribution is 2.22. The van der Waals surface area contributed by atoms with E-state index in [0.29, 0.717) is 0 Å². The van der Waals surface area contributed by atoms with Gasteiger partial charge in [0.05, 0.1) is 5.52 Å². The summed E-state index contributed by atoms with van der Waals surface area (Å²) in [6, 6.07) is 14.7. The minimum atomic E-state index is 0.901. The number of aromatic nitrogens is 2. The molecule has 0 fully saturated rings. The van der Waals surface area contributed by atoms with Crippen LogP contribution in [0, 0.1) is 0 Å². The van der Waals surface area contributed by atoms with Crippen LogP contribution >= 0.6 is 15.9 Å². The molecule has 0 aliphatic rings. The van der Waals surface area contributed by atoms with Crippen molar-refractivity contribution in [2.45, 2.75) is 12.8 Å². The molecule has 3 aromatic rings. The Bertz CT molecular complexity index is 719. The Balaban J connectivity index is 1.88. The van der Waals surface area contributed by atoms with Crippen molar-refractivity contribution in [3.05, 3.63) is 64.7 Å². The summed E-state index contributed by atoms with van der Waals surface area (Å²) < 4.78 is 3.05. The van der Waals surface area contributed by atoms with E-state index < -0.39 is 0 Å². The fourth-order valence-corrected chi connectivity index (χ4v) is 2.85. The normalized spacial score (nSPS) is 10.9. The molecule has 0 spiro atoms. The van der Waals surface area contributed by atoms with Gasteiger partial charge in [-0.05, 0) is 40.0 Å². The average molecular weight is 330 g/mol. The second-order valence-electron chi connectivity index (χ2n) is 4.73. The molecule has 102 valence electrons. The predicted molar refractivity (Wildman–Crippen MR) is 86.3 cm³/mol. The van der Waals surface area contributed by atoms with Gasteiger partial charge in [0.1, 0.15) is 10.4 Å². The van der Waals surface area contributed by atoms with Gasteiger partial charge in [-0.15, -0.1) is 0 Å². The lowest BCUT2D eigenvalue weighted by Gasteiger charge is -2.04. The molecule has 0 unspecified atom stereocenters. The van der Waals surface area contributed by atoms with E-state index in [1.165, 1.54) is 5.56 Å². The van der Waals surface area contributed by atoms with E-state index in [4.69, 9.17) is 0 Å². The number of benzene rings is 1. The Labute approximate surface area is 126 Å². The molecule has 0 aliphatic heterocycles. The van der Waals surface area contributed by atoms with E-state index in [1.54, 1.807) is 0 Å². The molecule has 2 aromatic heterocycles. The first-order valence-electron chi connectivity index (χ1n) is 6.66. The van der Waals surface area contributed by atoms with Gasteiger partial charge in [0.25, 0.3) is 0 Å². The fraction of sp³-hybridized carbons (Fsp3) is 0.188. The summed E-state index contributed by atoms with van der Waals surface area (Å²) in [5, 5.41) is 3.15. The van der Waals surface area contributed by atoms with Crippen LogP contribution in [0.1, 0.15) is 11.4 Å². The standard InChI is InChI=1S/C16H16BrN3/c1-18-13-9-10-20-14(11-13)16(17)19-15(20)8-7-12-5-3-2-4-6-12/h2-6,9-11,18H,7-8H2,1H3. The Morgan fingerprint density at radius 3 is 2.70 bits per heavy atom. The fourth-order valence-electron chi connectivity index (χ4n) is 2.34. The number of aryl methyl sites for hydroxylation is 2. The number of imidazole rings is 1. The van der Waals surface area contributed by atoms with Crippen molar-refractivity contribution in [3.8, 4) is 0 Å². The number of halogens is 1. The van der Waals surface area contributed by atoms with Crippen LogP contribution in [0.5, 0.6) is 0 Å². The zero-order valence-corrected chi connectivity index (χ0v) is 12.9. The van der Waals surface area contributed by atoms with Gasteiger partial charge in [0, 0.05) is 25.4 Å². The van der Waals surface area contributed by atoms with Gasteiger partial charge in [-0.1, -0.05) is 30.3 Å². The Kier molecular flexibility index (Phi) is 3.74. The van der Waals surface area contributed by atoms with Crippen molar-refractivity contribution in [1.82, 2.24) is 9.38 Å². The molecule has 0 aliphatic carbocycles. The van der Waals surface area contributed by atoms with Crippen molar-refractivity contribution < 1.29 is 0 Å². The molecular weight excluding hydrogens is 314 g/mol. The summed E-state index contributed by atoms with van der Waals surface area (Å²) in [6.45, 7) is 0. The maximum atomic E-state index is 4.63. The third-order valence-electron chi connectivity index (χ3n) is 3.44. The molecule has 1 aromatic carbocycles. The molecule has 3 nitrogen and oxygen atoms in total. The molecule has 3 rings (SSSR count). The van der Waals surface area contributed by atoms with E-state index in [1.807, 2.05) is 13.1 Å². The molecule has 4 heteroatoms. The molecule has 1 N–H and O–H groups in total. The first-order valence-corrected chi connectivity index (χ1v) is 7.45. The van der Waals surface area contributed by atoms with Gasteiger partial charge in [0.15, 0.2) is 0 Å². The molecule has 0 radical (unpaired) electrons. The molecule has 0 saturated carbocycles. The summed E-state index contributed by atoms with van der Waals surface area (Å²) in [4.78, 5) is 4.63. The van der Waals surface area contributed by atoms with Gasteiger partial charge in [-0.3, -0.25) is 0 Å². The maximum absolute atomic E-state index is 4.63. The van der Waals surface area contributed by atoms with Crippen LogP contribution in [0.3, 0.4) is 0 Å². The van der Waals surface area contributed by atoms with Crippen LogP contribution in [0.25, 0.3) is 5.52 Å². The smallest absolute Gasteiger partial charge is 0.132 e. The highest BCUT2D eigenvalue weighted by molar-refractivity contribution is 9.10. The predicted octanol–water partition coefficient (Wildman–Crippen LogP) is 3.92. The third-order valence-corrected chi connectivity index (χ3v) is 4.02. The second-order valence-corrected chi connectivity index (χ2v) is 5.48. The van der Waals surface area contributed by atoms with Crippen LogP contribution in [0.4, 0.5) is 5.69 Å². The van der Waals surface area contributed by atoms with E-state index in [2.05, 4.69) is 73.2 Å². The molecule has 20 heavy (non-hydrogen) atoms. The van der Waals surface area contributed by atoms with Crippen molar-refractivity contribution in [3.63, 3.8) is 0 Å². The number of hydrogen-bond acceptors (Lipinski definition) is 2. The maximum Gasteiger partial charge on any atom is 0.132 e. The first kappa shape index (κ1) is 13.2. The number of nitrogens with one attached hydrogen (secondary N) is 1. The SMILES string of the molecule is CNc1ccn2c(CCc3ccccc3)nc(Br)c2c1. The van der Waals surface area contributed by atoms with Crippen LogP contribution in [0.15, 0.2) is 53.3 Å². The van der Waals surface area contributed by atoms with Crippen LogP contribution in [0.2, 0.25) is 0 Å². The monoisotopic (exact) mass is 329 g/mol. The molecule has 0 bridgehead atoms. The largest absolute Gasteiger partial charge is 0.388 e. The number of anilines is 1. The topological polar surface area (TPSA) is 29.3 Å². The van der Waals surface area contributed by atoms with Gasteiger partial charge >= 0.3 is 0 Å². The Hall–Kier alpha value is -1.81. The first-order chi connectivity index (χ1) is 9.78. The minimum absolute atomic E-state index is 0.901. The van der Waals surface area contributed by atoms with Gasteiger partial charge < -0.3 is 9.72 Å². The zero-order valence-electron chi connectivity index (χ0n) is 11.3. The number of fused-ring (bicyclic) bond motifs is 1. The third kappa shape index (κ3) is 2.56. The lowest BCUT2D eigenvalue weighted by atomic mass is 10.1. The number of pyridine rings is 1. The number of hydrogen-bond donors (Lipinski definition) is 1. The quantitative estimate of drug-likeness (QED) is 0.785. The van der Waals surface area contributed by atoms with Crippen molar-refractivity contribution in [2.24, 2.45) is 0 Å². The van der Waals surface area contributed by atoms with E-state index in [9.17, 15) is 0 Å². The summed E-state index contributed by atoms with van der Waals surface area (Å²) in [7, 11) is 1.92. The Morgan fingerprint density at radius 1 is 1.15 bits per heavy atom. The molecule has 0 saturated heterocycles. The summed E-state index contributed by atoms with van der Waals surface area (Å²) in [6.07, 6.45) is 4.00. The van der Waals surface area contributed by atoms with Gasteiger partial charge in [-0.2, -0.15) is 0 Å². The highest BCUT2D eigenvalue weighted by Gasteiger charge is 2.09. The van der Waals surface area contributed by atoms with E-state index in [-0.39, 0.29) is 0 Å². The average Bonchev–Trinajstić information content (AvgIpc) is 2.82. The van der Waals surface area contributed by atoms with Gasteiger partial charge in [0.2, 0.25) is 0 Å². The number of rotatable bonds is 4. The molecule has 0 amide bonds. The van der Waals surface area contributed by atoms with Crippen molar-refractivity contribution >= 4 is 27.1 Å². The van der Waals surface area contributed by atoms with E-state index in [0.717, 1.165) is 34.5 Å². The Morgan fingerprint density at radius 2 is 1.95 bits per heavy atom. The molecular formula is C16H16BrN3. The zero-order chi connectivity index (χ0) is 13.9. The van der Waals surface area contributed by atoms with Crippen LogP contribution in [-0.2, 0) is 12.8 Å². The molecule has 2 heterocycles. The van der Waals surface area contributed by atoms with Crippen molar-refractivity contribution in [1.29, 1.82) is 0 Å². The molecule has 0 atom stereocenters. The lowest BCUT2D eigenvalue weighted by molar-refractivity contribution is 0.852. The summed E-state index contributed by atoms with van der Waals surface area (Å²) >= 11 is 3.55. The summed E-state index contributed by atoms with van der Waals surface area (Å²) in [5.41, 5.74) is 3.53.